The van der Waals surface area contributed by atoms with Crippen LogP contribution in [0.4, 0.5) is 11.5 Å². The van der Waals surface area contributed by atoms with Crippen molar-refractivity contribution in [1.82, 2.24) is 4.98 Å². The van der Waals surface area contributed by atoms with Gasteiger partial charge >= 0.3 is 5.82 Å². The number of carbonyl (C=O) groups excluding carboxylic acids is 1. The highest BCUT2D eigenvalue weighted by atomic mass is 16.6. The number of hydrogen-bond donors (Lipinski definition) is 0. The molecule has 0 aromatic carbocycles. The predicted octanol–water partition coefficient (Wildman–Crippen LogP) is 1.65. The van der Waals surface area contributed by atoms with E-state index in [1.165, 1.54) is 23.2 Å². The quantitative estimate of drug-likeness (QED) is 0.269. The molecule has 0 N–H and O–H groups in total. The van der Waals surface area contributed by atoms with Gasteiger partial charge in [0.15, 0.2) is 0 Å². The largest absolute Gasteiger partial charge is 0.387 e. The normalized spacial score (nSPS) is 18.2. The summed E-state index contributed by atoms with van der Waals surface area (Å²) in [6.07, 6.45) is 1.52. The van der Waals surface area contributed by atoms with Crippen LogP contribution >= 0.6 is 0 Å². The minimum absolute atomic E-state index is 0.122. The maximum atomic E-state index is 11.9. The van der Waals surface area contributed by atoms with Gasteiger partial charge in [-0.05, 0) is 33.5 Å². The first-order valence-corrected chi connectivity index (χ1v) is 5.54. The van der Waals surface area contributed by atoms with E-state index in [4.69, 9.17) is 5.53 Å². The molecule has 0 radical (unpaired) electrons. The molecule has 0 aliphatic carbocycles. The number of rotatable bonds is 4. The Hall–Kier alpha value is -2.67. The second-order valence-corrected chi connectivity index (χ2v) is 4.09. The molecule has 9 nitrogen and oxygen atoms in total. The van der Waals surface area contributed by atoms with Gasteiger partial charge in [0.05, 0.1) is 0 Å². The Morgan fingerprint density at radius 3 is 3.16 bits per heavy atom. The molecule has 0 spiro atoms. The topological polar surface area (TPSA) is 125 Å². The number of hydrogen-bond acceptors (Lipinski definition) is 5. The summed E-state index contributed by atoms with van der Waals surface area (Å²) in [4.78, 5) is 29.8. The van der Waals surface area contributed by atoms with Crippen LogP contribution in [-0.4, -0.2) is 28.9 Å². The molecule has 0 bridgehead atoms. The Kier molecular flexibility index (Phi) is 3.58. The monoisotopic (exact) mass is 262 g/mol. The Balaban J connectivity index is 2.25. The number of amides is 1. The molecular formula is C10H10N6O3. The maximum absolute atomic E-state index is 11.9. The molecular weight excluding hydrogens is 252 g/mol. The first-order chi connectivity index (χ1) is 9.13. The highest BCUT2D eigenvalue weighted by Crippen LogP contribution is 2.31. The number of azide groups is 1. The zero-order valence-electron chi connectivity index (χ0n) is 9.84. The number of pyridine rings is 1. The third-order valence-corrected chi connectivity index (χ3v) is 2.84. The molecule has 1 saturated heterocycles. The van der Waals surface area contributed by atoms with E-state index in [1.807, 2.05) is 0 Å². The van der Waals surface area contributed by atoms with Gasteiger partial charge in [0, 0.05) is 24.4 Å². The lowest BCUT2D eigenvalue weighted by Gasteiger charge is -2.15. The van der Waals surface area contributed by atoms with E-state index in [-0.39, 0.29) is 36.3 Å². The Labute approximate surface area is 107 Å². The van der Waals surface area contributed by atoms with Crippen LogP contribution < -0.4 is 4.90 Å². The molecule has 2 rings (SSSR count). The van der Waals surface area contributed by atoms with Crippen molar-refractivity contribution in [3.63, 3.8) is 0 Å². The van der Waals surface area contributed by atoms with Crippen molar-refractivity contribution in [2.75, 3.05) is 18.0 Å². The van der Waals surface area contributed by atoms with Crippen molar-refractivity contribution in [2.24, 2.45) is 11.0 Å². The summed E-state index contributed by atoms with van der Waals surface area (Å²) in [6.45, 7) is 0.497. The summed E-state index contributed by atoms with van der Waals surface area (Å²) in [6, 6.07) is 3.02. The van der Waals surface area contributed by atoms with Gasteiger partial charge < -0.3 is 15.0 Å². The molecule has 1 amide bonds. The SMILES string of the molecule is [N-]=[N+]=NCC1CC(=O)N(c2cccnc2[N+](=O)[O-])C1. The van der Waals surface area contributed by atoms with Gasteiger partial charge in [-0.25, -0.2) is 0 Å². The number of carbonyl (C=O) groups is 1. The third kappa shape index (κ3) is 2.61. The van der Waals surface area contributed by atoms with Gasteiger partial charge in [0.1, 0.15) is 11.9 Å². The average molecular weight is 262 g/mol. The lowest BCUT2D eigenvalue weighted by Crippen LogP contribution is -2.25. The van der Waals surface area contributed by atoms with Crippen LogP contribution in [0, 0.1) is 16.0 Å². The van der Waals surface area contributed by atoms with E-state index in [1.54, 1.807) is 0 Å². The van der Waals surface area contributed by atoms with E-state index in [0.717, 1.165) is 0 Å². The lowest BCUT2D eigenvalue weighted by molar-refractivity contribution is -0.388. The summed E-state index contributed by atoms with van der Waals surface area (Å²) in [5, 5.41) is 14.3. The Morgan fingerprint density at radius 1 is 1.68 bits per heavy atom. The maximum Gasteiger partial charge on any atom is 0.387 e. The summed E-state index contributed by atoms with van der Waals surface area (Å²) >= 11 is 0. The second kappa shape index (κ2) is 5.32. The second-order valence-electron chi connectivity index (χ2n) is 4.09. The Morgan fingerprint density at radius 2 is 2.47 bits per heavy atom. The van der Waals surface area contributed by atoms with Crippen molar-refractivity contribution in [1.29, 1.82) is 0 Å². The van der Waals surface area contributed by atoms with Crippen molar-refractivity contribution < 1.29 is 9.72 Å². The van der Waals surface area contributed by atoms with Crippen LogP contribution in [0.1, 0.15) is 6.42 Å². The summed E-state index contributed by atoms with van der Waals surface area (Å²) in [5.41, 5.74) is 8.43. The molecule has 1 aromatic heterocycles. The van der Waals surface area contributed by atoms with Crippen molar-refractivity contribution in [3.8, 4) is 0 Å². The molecule has 1 atom stereocenters. The fourth-order valence-corrected chi connectivity index (χ4v) is 2.03. The fourth-order valence-electron chi connectivity index (χ4n) is 2.03. The van der Waals surface area contributed by atoms with Crippen LogP contribution in [0.2, 0.25) is 0 Å². The first-order valence-electron chi connectivity index (χ1n) is 5.54. The molecule has 1 aliphatic rings. The van der Waals surface area contributed by atoms with Gasteiger partial charge in [-0.15, -0.1) is 0 Å². The van der Waals surface area contributed by atoms with E-state index in [2.05, 4.69) is 15.0 Å². The summed E-state index contributed by atoms with van der Waals surface area (Å²) in [7, 11) is 0. The smallest absolute Gasteiger partial charge is 0.358 e. The van der Waals surface area contributed by atoms with Crippen LogP contribution in [0.25, 0.3) is 10.4 Å². The molecule has 1 aliphatic heterocycles. The molecule has 1 aromatic rings. The number of nitro groups is 1. The van der Waals surface area contributed by atoms with Gasteiger partial charge in [-0.1, -0.05) is 5.11 Å². The van der Waals surface area contributed by atoms with E-state index < -0.39 is 4.92 Å². The van der Waals surface area contributed by atoms with Crippen LogP contribution in [0.5, 0.6) is 0 Å². The zero-order valence-corrected chi connectivity index (χ0v) is 9.84. The van der Waals surface area contributed by atoms with Gasteiger partial charge in [0.2, 0.25) is 5.91 Å². The van der Waals surface area contributed by atoms with Crippen LogP contribution in [0.3, 0.4) is 0 Å². The highest BCUT2D eigenvalue weighted by molar-refractivity contribution is 5.97. The van der Waals surface area contributed by atoms with Crippen molar-refractivity contribution in [2.45, 2.75) is 6.42 Å². The number of nitrogens with zero attached hydrogens (tertiary/aromatic N) is 6. The third-order valence-electron chi connectivity index (χ3n) is 2.84. The lowest BCUT2D eigenvalue weighted by atomic mass is 10.1. The zero-order chi connectivity index (χ0) is 13.8. The van der Waals surface area contributed by atoms with Crippen molar-refractivity contribution in [3.05, 3.63) is 38.9 Å². The first kappa shape index (κ1) is 12.8. The highest BCUT2D eigenvalue weighted by Gasteiger charge is 2.34. The molecule has 0 saturated carbocycles. The van der Waals surface area contributed by atoms with Gasteiger partial charge in [0.25, 0.3) is 0 Å². The van der Waals surface area contributed by atoms with Crippen LogP contribution in [0.15, 0.2) is 23.4 Å². The number of aromatic nitrogens is 1. The van der Waals surface area contributed by atoms with Gasteiger partial charge in [-0.2, -0.15) is 0 Å². The average Bonchev–Trinajstić information content (AvgIpc) is 2.77. The molecule has 98 valence electrons. The molecule has 2 heterocycles. The van der Waals surface area contributed by atoms with Crippen molar-refractivity contribution >= 4 is 17.4 Å². The minimum Gasteiger partial charge on any atom is -0.358 e. The molecule has 9 heteroatoms. The molecule has 1 unspecified atom stereocenters. The summed E-state index contributed by atoms with van der Waals surface area (Å²) < 4.78 is 0. The molecule has 19 heavy (non-hydrogen) atoms. The van der Waals surface area contributed by atoms with E-state index in [0.29, 0.717) is 6.54 Å². The standard InChI is InChI=1S/C10H10N6O3/c11-14-13-5-7-4-9(17)15(6-7)8-2-1-3-12-10(8)16(18)19/h1-3,7H,4-6H2. The Bertz CT molecular complexity index is 568. The predicted molar refractivity (Wildman–Crippen MR) is 65.4 cm³/mol. The van der Waals surface area contributed by atoms with E-state index in [9.17, 15) is 14.9 Å². The molecule has 1 fully saturated rings. The minimum atomic E-state index is -0.622. The van der Waals surface area contributed by atoms with Crippen LogP contribution in [-0.2, 0) is 4.79 Å². The number of anilines is 1. The fraction of sp³-hybridized carbons (Fsp3) is 0.400. The van der Waals surface area contributed by atoms with E-state index >= 15 is 0 Å². The summed E-state index contributed by atoms with van der Waals surface area (Å²) in [5.74, 6) is -0.697. The van der Waals surface area contributed by atoms with Gasteiger partial charge in [-0.3, -0.25) is 4.79 Å².